The van der Waals surface area contributed by atoms with E-state index in [0.29, 0.717) is 35.2 Å². The van der Waals surface area contributed by atoms with Crippen LogP contribution in [-0.2, 0) is 23.7 Å². The molecule has 6 heteroatoms. The molecule has 0 amide bonds. The van der Waals surface area contributed by atoms with Crippen molar-refractivity contribution in [2.24, 2.45) is 23.7 Å². The maximum Gasteiger partial charge on any atom is 0.122 e. The topological polar surface area (TPSA) is 121 Å². The van der Waals surface area contributed by atoms with E-state index < -0.39 is 0 Å². The fourth-order valence-electron chi connectivity index (χ4n) is 14.2. The van der Waals surface area contributed by atoms with Gasteiger partial charge in [0.2, 0.25) is 0 Å². The molecule has 6 aromatic carbocycles. The van der Waals surface area contributed by atoms with Crippen molar-refractivity contribution in [3.63, 3.8) is 0 Å². The summed E-state index contributed by atoms with van der Waals surface area (Å²) in [6.45, 7) is 24.8. The Bertz CT molecular complexity index is 2710. The van der Waals surface area contributed by atoms with Crippen molar-refractivity contribution in [1.82, 2.24) is 0 Å². The highest BCUT2D eigenvalue weighted by atomic mass is 16.3. The highest BCUT2D eigenvalue weighted by Gasteiger charge is 2.59. The van der Waals surface area contributed by atoms with Crippen molar-refractivity contribution in [1.29, 1.82) is 0 Å². The molecule has 4 saturated carbocycles. The van der Waals surface area contributed by atoms with Crippen LogP contribution in [0.4, 0.5) is 0 Å². The highest BCUT2D eigenvalue weighted by molar-refractivity contribution is 5.62. The summed E-state index contributed by atoms with van der Waals surface area (Å²) >= 11 is 0. The smallest absolute Gasteiger partial charge is 0.122 e. The van der Waals surface area contributed by atoms with Crippen molar-refractivity contribution in [3.8, 4) is 34.5 Å². The molecule has 6 N–H and O–H groups in total. The average Bonchev–Trinajstić information content (AvgIpc) is 3.26. The average molecular weight is 941 g/mol. The molecule has 6 aromatic rings. The number of phenolic OH excluding ortho intramolecular Hbond substituents is 6. The first kappa shape index (κ1) is 49.1. The van der Waals surface area contributed by atoms with E-state index in [-0.39, 0.29) is 45.7 Å². The van der Waals surface area contributed by atoms with Gasteiger partial charge in [-0.3, -0.25) is 0 Å². The third-order valence-corrected chi connectivity index (χ3v) is 17.2. The predicted octanol–water partition coefficient (Wildman–Crippen LogP) is 14.9. The largest absolute Gasteiger partial charge is 0.508 e. The predicted molar refractivity (Wildman–Crippen MR) is 284 cm³/mol. The van der Waals surface area contributed by atoms with Crippen LogP contribution < -0.4 is 0 Å². The standard InChI is InChI=1S/C64H76O6/c1-33(2)13-45-24-47(26-53(61(45)69)59(49-15-39(9)55(65)19-35(49)5)50-16-40(10)56(66)20-36(50)6)63-28-43-23-44(29-63)31-64(30-43,32-63)48-25-46(14-34(3)4)62(70)54(27-48)60(51-17-41(11)57(67)21-37(51)7)52-18-42(12)58(68)22-38(52)8/h15-22,24-27,33-34,43-44,59-60,65-70H,13-14,23,28-32H2,1-12H3. The molecule has 0 unspecified atom stereocenters. The van der Waals surface area contributed by atoms with Gasteiger partial charge in [-0.2, -0.15) is 0 Å². The van der Waals surface area contributed by atoms with E-state index in [1.54, 1.807) is 0 Å². The van der Waals surface area contributed by atoms with Gasteiger partial charge < -0.3 is 30.6 Å². The molecule has 4 fully saturated rings. The molecular formula is C64H76O6. The highest BCUT2D eigenvalue weighted by Crippen LogP contribution is 2.67. The molecule has 0 spiro atoms. The van der Waals surface area contributed by atoms with Crippen molar-refractivity contribution >= 4 is 0 Å². The number of rotatable bonds is 12. The van der Waals surface area contributed by atoms with Gasteiger partial charge in [-0.25, -0.2) is 0 Å². The van der Waals surface area contributed by atoms with E-state index in [0.717, 1.165) is 134 Å². The van der Waals surface area contributed by atoms with E-state index in [1.165, 1.54) is 17.5 Å². The zero-order chi connectivity index (χ0) is 50.5. The lowest BCUT2D eigenvalue weighted by atomic mass is 9.41. The van der Waals surface area contributed by atoms with Crippen LogP contribution in [0.25, 0.3) is 0 Å². The summed E-state index contributed by atoms with van der Waals surface area (Å²) in [7, 11) is 0. The molecule has 4 aliphatic carbocycles. The van der Waals surface area contributed by atoms with Crippen LogP contribution in [0.2, 0.25) is 0 Å². The SMILES string of the molecule is Cc1cc(C(c2cc(C)c(O)cc2C)c2cc(C34CC5CC(C3)CC(c3cc(CC(C)C)c(O)c(C(c6cc(C)c(O)cc6C)c6cc(C)c(O)cc6C)c3)(C5)C4)cc(CC(C)C)c2O)c(C)cc1O. The Kier molecular flexibility index (Phi) is 12.7. The first-order valence-electron chi connectivity index (χ1n) is 25.9. The first-order valence-corrected chi connectivity index (χ1v) is 25.9. The van der Waals surface area contributed by atoms with Gasteiger partial charge in [-0.1, -0.05) is 76.2 Å². The van der Waals surface area contributed by atoms with Gasteiger partial charge in [0.15, 0.2) is 0 Å². The van der Waals surface area contributed by atoms with Gasteiger partial charge in [-0.05, 0) is 255 Å². The lowest BCUT2D eigenvalue weighted by molar-refractivity contribution is -0.0282. The normalized spacial score (nSPS) is 20.7. The van der Waals surface area contributed by atoms with Crippen LogP contribution in [0.3, 0.4) is 0 Å². The third-order valence-electron chi connectivity index (χ3n) is 17.2. The molecule has 0 atom stereocenters. The maximum atomic E-state index is 12.7. The fourth-order valence-corrected chi connectivity index (χ4v) is 14.2. The van der Waals surface area contributed by atoms with Crippen molar-refractivity contribution in [3.05, 3.63) is 173 Å². The lowest BCUT2D eigenvalue weighted by Crippen LogP contribution is -2.56. The number of phenols is 6. The van der Waals surface area contributed by atoms with Gasteiger partial charge in [-0.15, -0.1) is 0 Å². The van der Waals surface area contributed by atoms with Gasteiger partial charge in [0.05, 0.1) is 0 Å². The van der Waals surface area contributed by atoms with Gasteiger partial charge in [0.25, 0.3) is 0 Å². The second-order valence-electron chi connectivity index (χ2n) is 23.7. The summed E-state index contributed by atoms with van der Waals surface area (Å²) in [6, 6.07) is 25.1. The zero-order valence-electron chi connectivity index (χ0n) is 43.7. The fraction of sp³-hybridized carbons (Fsp3) is 0.438. The van der Waals surface area contributed by atoms with Crippen molar-refractivity contribution in [2.45, 2.75) is 157 Å². The van der Waals surface area contributed by atoms with Crippen molar-refractivity contribution in [2.75, 3.05) is 0 Å². The Morgan fingerprint density at radius 1 is 0.386 bits per heavy atom. The van der Waals surface area contributed by atoms with Crippen LogP contribution >= 0.6 is 0 Å². The second-order valence-corrected chi connectivity index (χ2v) is 23.7. The van der Waals surface area contributed by atoms with Crippen molar-refractivity contribution < 1.29 is 30.6 Å². The summed E-state index contributed by atoms with van der Waals surface area (Å²) < 4.78 is 0. The molecule has 368 valence electrons. The van der Waals surface area contributed by atoms with Gasteiger partial charge in [0.1, 0.15) is 34.5 Å². The first-order chi connectivity index (χ1) is 33.0. The quantitative estimate of drug-likeness (QED) is 0.0680. The maximum absolute atomic E-state index is 12.7. The number of hydrogen-bond acceptors (Lipinski definition) is 6. The van der Waals surface area contributed by atoms with Crippen LogP contribution in [0, 0.1) is 79.1 Å². The van der Waals surface area contributed by atoms with E-state index in [9.17, 15) is 30.6 Å². The Labute approximate surface area is 417 Å². The molecule has 10 rings (SSSR count). The van der Waals surface area contributed by atoms with E-state index in [1.807, 2.05) is 79.7 Å². The summed E-state index contributed by atoms with van der Waals surface area (Å²) in [5, 5.41) is 69.2. The number of aromatic hydroxyl groups is 6. The van der Waals surface area contributed by atoms with Crippen LogP contribution in [0.15, 0.2) is 72.8 Å². The van der Waals surface area contributed by atoms with E-state index in [4.69, 9.17) is 0 Å². The molecule has 0 aliphatic heterocycles. The second kappa shape index (κ2) is 18.1. The molecule has 0 aromatic heterocycles. The third kappa shape index (κ3) is 8.62. The minimum absolute atomic E-state index is 0.159. The summed E-state index contributed by atoms with van der Waals surface area (Å²) in [4.78, 5) is 0. The number of hydrogen-bond donors (Lipinski definition) is 6. The summed E-state index contributed by atoms with van der Waals surface area (Å²) in [6.07, 6.45) is 7.95. The Morgan fingerprint density at radius 2 is 0.671 bits per heavy atom. The Balaban J connectivity index is 1.27. The summed E-state index contributed by atoms with van der Waals surface area (Å²) in [5.74, 6) is 2.54. The Morgan fingerprint density at radius 3 is 0.943 bits per heavy atom. The molecule has 6 nitrogen and oxygen atoms in total. The number of aryl methyl sites for hydroxylation is 8. The molecule has 4 aliphatic rings. The van der Waals surface area contributed by atoms with Crippen LogP contribution in [-0.4, -0.2) is 30.6 Å². The Hall–Kier alpha value is -5.88. The molecule has 0 saturated heterocycles. The summed E-state index contributed by atoms with van der Waals surface area (Å²) in [5.41, 5.74) is 16.9. The molecule has 0 radical (unpaired) electrons. The van der Waals surface area contributed by atoms with E-state index in [2.05, 4.69) is 76.2 Å². The lowest BCUT2D eigenvalue weighted by Gasteiger charge is -2.63. The molecular weight excluding hydrogens is 865 g/mol. The van der Waals surface area contributed by atoms with Crippen LogP contribution in [0.1, 0.15) is 178 Å². The monoisotopic (exact) mass is 941 g/mol. The zero-order valence-corrected chi connectivity index (χ0v) is 43.7. The number of benzene rings is 6. The molecule has 0 heterocycles. The molecule has 4 bridgehead atoms. The minimum Gasteiger partial charge on any atom is -0.508 e. The van der Waals surface area contributed by atoms with E-state index >= 15 is 0 Å². The minimum atomic E-state index is -0.360. The van der Waals surface area contributed by atoms with Gasteiger partial charge >= 0.3 is 0 Å². The van der Waals surface area contributed by atoms with Crippen LogP contribution in [0.5, 0.6) is 34.5 Å². The van der Waals surface area contributed by atoms with Gasteiger partial charge in [0, 0.05) is 23.0 Å². The molecule has 70 heavy (non-hydrogen) atoms.